The molecule has 0 spiro atoms. The molecule has 0 atom stereocenters. The fraction of sp³-hybridized carbons (Fsp3) is 1.00. The van der Waals surface area contributed by atoms with Crippen LogP contribution in [0, 0.1) is 0 Å². The van der Waals surface area contributed by atoms with Gasteiger partial charge in [0, 0.05) is 19.1 Å². The summed E-state index contributed by atoms with van der Waals surface area (Å²) < 4.78 is 26.5. The van der Waals surface area contributed by atoms with E-state index in [1.807, 2.05) is 0 Å². The third-order valence-electron chi connectivity index (χ3n) is 3.10. The van der Waals surface area contributed by atoms with Crippen LogP contribution in [0.4, 0.5) is 0 Å². The van der Waals surface area contributed by atoms with Crippen molar-refractivity contribution in [1.29, 1.82) is 0 Å². The second-order valence-electron chi connectivity index (χ2n) is 4.28. The molecule has 4 nitrogen and oxygen atoms in total. The first kappa shape index (κ1) is 10.4. The van der Waals surface area contributed by atoms with E-state index in [2.05, 4.69) is 10.0 Å². The standard InChI is InChI=1S/C9H18N2O2S/c12-14(13,11-8-6-10-7-8)9-4-2-1-3-5-9/h8-11H,1-7H2. The van der Waals surface area contributed by atoms with E-state index in [0.717, 1.165) is 38.8 Å². The van der Waals surface area contributed by atoms with Gasteiger partial charge < -0.3 is 5.32 Å². The maximum atomic E-state index is 11.8. The van der Waals surface area contributed by atoms with Gasteiger partial charge in [-0.1, -0.05) is 19.3 Å². The van der Waals surface area contributed by atoms with Gasteiger partial charge in [0.15, 0.2) is 0 Å². The lowest BCUT2D eigenvalue weighted by atomic mass is 10.0. The molecular formula is C9H18N2O2S. The smallest absolute Gasteiger partial charge is 0.214 e. The number of nitrogens with one attached hydrogen (secondary N) is 2. The van der Waals surface area contributed by atoms with E-state index in [1.54, 1.807) is 0 Å². The van der Waals surface area contributed by atoms with Gasteiger partial charge in [0.1, 0.15) is 0 Å². The Hall–Kier alpha value is -0.130. The van der Waals surface area contributed by atoms with Gasteiger partial charge in [-0.15, -0.1) is 0 Å². The first-order valence-corrected chi connectivity index (χ1v) is 6.95. The zero-order valence-corrected chi connectivity index (χ0v) is 9.15. The number of rotatable bonds is 3. The summed E-state index contributed by atoms with van der Waals surface area (Å²) in [6, 6.07) is 0.141. The Labute approximate surface area is 85.5 Å². The van der Waals surface area contributed by atoms with Crippen molar-refractivity contribution in [2.45, 2.75) is 43.4 Å². The summed E-state index contributed by atoms with van der Waals surface area (Å²) in [7, 11) is -3.03. The fourth-order valence-corrected chi connectivity index (χ4v) is 3.85. The molecule has 1 saturated carbocycles. The van der Waals surface area contributed by atoms with Crippen LogP contribution in [0.2, 0.25) is 0 Å². The van der Waals surface area contributed by atoms with Gasteiger partial charge in [0.2, 0.25) is 10.0 Å². The average molecular weight is 218 g/mol. The van der Waals surface area contributed by atoms with Crippen LogP contribution in [0.1, 0.15) is 32.1 Å². The second kappa shape index (κ2) is 4.16. The molecule has 2 fully saturated rings. The molecule has 2 aliphatic rings. The van der Waals surface area contributed by atoms with Crippen LogP contribution in [0.3, 0.4) is 0 Å². The minimum atomic E-state index is -3.03. The summed E-state index contributed by atoms with van der Waals surface area (Å²) in [5, 5.41) is 2.93. The molecular weight excluding hydrogens is 200 g/mol. The minimum Gasteiger partial charge on any atom is -0.313 e. The highest BCUT2D eigenvalue weighted by molar-refractivity contribution is 7.90. The summed E-state index contributed by atoms with van der Waals surface area (Å²) in [5.41, 5.74) is 0. The van der Waals surface area contributed by atoms with Crippen molar-refractivity contribution in [3.05, 3.63) is 0 Å². The van der Waals surface area contributed by atoms with Crippen molar-refractivity contribution in [2.75, 3.05) is 13.1 Å². The van der Waals surface area contributed by atoms with Crippen LogP contribution in [0.5, 0.6) is 0 Å². The molecule has 0 aromatic rings. The van der Waals surface area contributed by atoms with Crippen LogP contribution >= 0.6 is 0 Å². The predicted molar refractivity (Wildman–Crippen MR) is 55.6 cm³/mol. The molecule has 0 unspecified atom stereocenters. The molecule has 0 aromatic heterocycles. The molecule has 1 heterocycles. The molecule has 82 valence electrons. The van der Waals surface area contributed by atoms with Crippen LogP contribution in [-0.4, -0.2) is 32.8 Å². The van der Waals surface area contributed by atoms with E-state index < -0.39 is 10.0 Å². The first-order chi connectivity index (χ1) is 6.68. The largest absolute Gasteiger partial charge is 0.313 e. The van der Waals surface area contributed by atoms with E-state index in [1.165, 1.54) is 6.42 Å². The zero-order chi connectivity index (χ0) is 10.0. The Morgan fingerprint density at radius 1 is 1.07 bits per heavy atom. The van der Waals surface area contributed by atoms with Crippen LogP contribution < -0.4 is 10.0 Å². The summed E-state index contributed by atoms with van der Waals surface area (Å²) in [6.45, 7) is 1.57. The number of sulfonamides is 1. The highest BCUT2D eigenvalue weighted by Crippen LogP contribution is 2.23. The van der Waals surface area contributed by atoms with Crippen LogP contribution in [-0.2, 0) is 10.0 Å². The monoisotopic (exact) mass is 218 g/mol. The quantitative estimate of drug-likeness (QED) is 0.712. The van der Waals surface area contributed by atoms with Gasteiger partial charge in [-0.3, -0.25) is 0 Å². The van der Waals surface area contributed by atoms with Gasteiger partial charge in [0.05, 0.1) is 5.25 Å². The molecule has 1 aliphatic heterocycles. The first-order valence-electron chi connectivity index (χ1n) is 5.40. The topological polar surface area (TPSA) is 58.2 Å². The Kier molecular flexibility index (Phi) is 3.09. The molecule has 0 aromatic carbocycles. The SMILES string of the molecule is O=S(=O)(NC1CNC1)C1CCCCC1. The molecule has 2 N–H and O–H groups in total. The Balaban J connectivity index is 1.91. The lowest BCUT2D eigenvalue weighted by molar-refractivity contribution is 0.401. The Morgan fingerprint density at radius 2 is 1.71 bits per heavy atom. The van der Waals surface area contributed by atoms with E-state index >= 15 is 0 Å². The third kappa shape index (κ3) is 2.27. The number of hydrogen-bond acceptors (Lipinski definition) is 3. The summed E-state index contributed by atoms with van der Waals surface area (Å²) in [5.74, 6) is 0. The molecule has 0 amide bonds. The lowest BCUT2D eigenvalue weighted by Gasteiger charge is -2.30. The van der Waals surface area contributed by atoms with Crippen LogP contribution in [0.15, 0.2) is 0 Å². The van der Waals surface area contributed by atoms with Gasteiger partial charge >= 0.3 is 0 Å². The molecule has 5 heteroatoms. The molecule has 0 bridgehead atoms. The van der Waals surface area contributed by atoms with E-state index in [4.69, 9.17) is 0 Å². The Bertz CT molecular complexity index is 279. The molecule has 2 rings (SSSR count). The molecule has 0 radical (unpaired) electrons. The molecule has 1 saturated heterocycles. The van der Waals surface area contributed by atoms with Crippen molar-refractivity contribution >= 4 is 10.0 Å². The van der Waals surface area contributed by atoms with E-state index in [0.29, 0.717) is 0 Å². The van der Waals surface area contributed by atoms with Crippen molar-refractivity contribution < 1.29 is 8.42 Å². The Morgan fingerprint density at radius 3 is 2.21 bits per heavy atom. The third-order valence-corrected chi connectivity index (χ3v) is 5.11. The van der Waals surface area contributed by atoms with Gasteiger partial charge in [-0.25, -0.2) is 13.1 Å². The van der Waals surface area contributed by atoms with Gasteiger partial charge in [0.25, 0.3) is 0 Å². The van der Waals surface area contributed by atoms with Crippen molar-refractivity contribution in [3.8, 4) is 0 Å². The summed E-state index contributed by atoms with van der Waals surface area (Å²) in [4.78, 5) is 0. The van der Waals surface area contributed by atoms with Gasteiger partial charge in [-0.05, 0) is 12.8 Å². The lowest BCUT2D eigenvalue weighted by Crippen LogP contribution is -2.58. The summed E-state index contributed by atoms with van der Waals surface area (Å²) >= 11 is 0. The zero-order valence-electron chi connectivity index (χ0n) is 8.33. The minimum absolute atomic E-state index is 0.128. The molecule has 1 aliphatic carbocycles. The molecule has 14 heavy (non-hydrogen) atoms. The van der Waals surface area contributed by atoms with Crippen LogP contribution in [0.25, 0.3) is 0 Å². The second-order valence-corrected chi connectivity index (χ2v) is 6.27. The number of hydrogen-bond donors (Lipinski definition) is 2. The van der Waals surface area contributed by atoms with E-state index in [9.17, 15) is 8.42 Å². The highest BCUT2D eigenvalue weighted by Gasteiger charge is 2.30. The van der Waals surface area contributed by atoms with Gasteiger partial charge in [-0.2, -0.15) is 0 Å². The predicted octanol–water partition coefficient (Wildman–Crippen LogP) is 0.210. The summed E-state index contributed by atoms with van der Waals surface area (Å²) in [6.07, 6.45) is 5.00. The van der Waals surface area contributed by atoms with Crippen molar-refractivity contribution in [2.24, 2.45) is 0 Å². The average Bonchev–Trinajstić information content (AvgIpc) is 2.13. The maximum absolute atomic E-state index is 11.8. The normalized spacial score (nSPS) is 26.0. The highest BCUT2D eigenvalue weighted by atomic mass is 32.2. The van der Waals surface area contributed by atoms with Crippen molar-refractivity contribution in [3.63, 3.8) is 0 Å². The van der Waals surface area contributed by atoms with E-state index in [-0.39, 0.29) is 11.3 Å². The van der Waals surface area contributed by atoms with Crippen molar-refractivity contribution in [1.82, 2.24) is 10.0 Å². The maximum Gasteiger partial charge on any atom is 0.214 e. The fourth-order valence-electron chi connectivity index (χ4n) is 2.08.